The van der Waals surface area contributed by atoms with Crippen molar-refractivity contribution in [2.24, 2.45) is 5.92 Å². The van der Waals surface area contributed by atoms with Crippen molar-refractivity contribution in [1.82, 2.24) is 14.8 Å². The molecular formula is C16H17N3O2S. The van der Waals surface area contributed by atoms with Crippen molar-refractivity contribution in [1.29, 1.82) is 0 Å². The maximum atomic E-state index is 11.6. The molecule has 1 N–H and O–H groups in total. The third-order valence-electron chi connectivity index (χ3n) is 3.76. The van der Waals surface area contributed by atoms with Gasteiger partial charge in [-0.3, -0.25) is 0 Å². The number of thioether (sulfide) groups is 1. The largest absolute Gasteiger partial charge is 0.478 e. The topological polar surface area (TPSA) is 68.0 Å². The molecule has 0 aliphatic carbocycles. The normalized spacial score (nSPS) is 16.6. The molecule has 1 saturated heterocycles. The zero-order valence-corrected chi connectivity index (χ0v) is 12.9. The Hall–Kier alpha value is -2.08. The molecule has 0 spiro atoms. The minimum Gasteiger partial charge on any atom is -0.478 e. The summed E-state index contributed by atoms with van der Waals surface area (Å²) >= 11 is 1.94. The lowest BCUT2D eigenvalue weighted by molar-refractivity contribution is -0.130. The van der Waals surface area contributed by atoms with E-state index in [0.29, 0.717) is 11.5 Å². The van der Waals surface area contributed by atoms with Gasteiger partial charge in [0.1, 0.15) is 12.7 Å². The molecule has 1 fully saturated rings. The van der Waals surface area contributed by atoms with Crippen LogP contribution in [0.25, 0.3) is 11.3 Å². The van der Waals surface area contributed by atoms with Gasteiger partial charge in [-0.25, -0.2) is 14.5 Å². The van der Waals surface area contributed by atoms with Crippen LogP contribution in [0.3, 0.4) is 0 Å². The van der Waals surface area contributed by atoms with Crippen LogP contribution in [-0.2, 0) is 4.79 Å². The fraction of sp³-hybridized carbons (Fsp3) is 0.312. The van der Waals surface area contributed by atoms with E-state index in [-0.39, 0.29) is 0 Å². The Labute approximate surface area is 133 Å². The molecule has 0 bridgehead atoms. The van der Waals surface area contributed by atoms with Gasteiger partial charge in [0.05, 0.1) is 11.3 Å². The zero-order chi connectivity index (χ0) is 15.4. The molecule has 6 heteroatoms. The first-order valence-corrected chi connectivity index (χ1v) is 8.38. The second-order valence-electron chi connectivity index (χ2n) is 5.22. The summed E-state index contributed by atoms with van der Waals surface area (Å²) in [6.45, 7) is 0. The summed E-state index contributed by atoms with van der Waals surface area (Å²) in [6, 6.07) is 7.37. The summed E-state index contributed by atoms with van der Waals surface area (Å²) in [5, 5.41) is 13.6. The number of hydrogen-bond acceptors (Lipinski definition) is 4. The molecule has 1 aliphatic rings. The lowest BCUT2D eigenvalue weighted by atomic mass is 9.96. The molecule has 2 heterocycles. The second kappa shape index (κ2) is 6.79. The molecule has 0 saturated carbocycles. The molecular weight excluding hydrogens is 298 g/mol. The maximum Gasteiger partial charge on any atom is 0.335 e. The standard InChI is InChI=1S/C16H17N3O2S/c20-16(21)15(9-12-5-7-22-8-6-12)13-1-3-14(4-2-13)19-11-17-10-18-19/h1-4,9-12H,5-8H2,(H,20,21). The van der Waals surface area contributed by atoms with Crippen molar-refractivity contribution in [2.45, 2.75) is 12.8 Å². The molecule has 0 amide bonds. The van der Waals surface area contributed by atoms with Crippen molar-refractivity contribution in [3.8, 4) is 5.69 Å². The van der Waals surface area contributed by atoms with Gasteiger partial charge in [0.15, 0.2) is 0 Å². The molecule has 3 rings (SSSR count). The Bertz CT molecular complexity index is 659. The van der Waals surface area contributed by atoms with E-state index >= 15 is 0 Å². The van der Waals surface area contributed by atoms with Gasteiger partial charge in [-0.2, -0.15) is 16.9 Å². The van der Waals surface area contributed by atoms with Crippen LogP contribution in [-0.4, -0.2) is 37.3 Å². The van der Waals surface area contributed by atoms with E-state index in [9.17, 15) is 9.90 Å². The Morgan fingerprint density at radius 2 is 2.00 bits per heavy atom. The molecule has 2 aromatic rings. The summed E-state index contributed by atoms with van der Waals surface area (Å²) in [6.07, 6.45) is 7.11. The number of hydrogen-bond donors (Lipinski definition) is 1. The van der Waals surface area contributed by atoms with Crippen LogP contribution in [0.15, 0.2) is 43.0 Å². The summed E-state index contributed by atoms with van der Waals surface area (Å²) in [5.41, 5.74) is 1.98. The van der Waals surface area contributed by atoms with Crippen LogP contribution >= 0.6 is 11.8 Å². The smallest absolute Gasteiger partial charge is 0.335 e. The zero-order valence-electron chi connectivity index (χ0n) is 12.1. The lowest BCUT2D eigenvalue weighted by Crippen LogP contribution is -2.10. The van der Waals surface area contributed by atoms with Gasteiger partial charge in [0.25, 0.3) is 0 Å². The number of carboxylic acids is 1. The van der Waals surface area contributed by atoms with Crippen LogP contribution in [0, 0.1) is 5.92 Å². The Morgan fingerprint density at radius 1 is 1.27 bits per heavy atom. The van der Waals surface area contributed by atoms with Gasteiger partial charge in [0, 0.05) is 0 Å². The Balaban J connectivity index is 1.85. The highest BCUT2D eigenvalue weighted by Crippen LogP contribution is 2.27. The molecule has 1 aromatic carbocycles. The van der Waals surface area contributed by atoms with Crippen molar-refractivity contribution in [3.05, 3.63) is 48.6 Å². The third kappa shape index (κ3) is 3.39. The average Bonchev–Trinajstić information content (AvgIpc) is 3.08. The molecule has 0 atom stereocenters. The van der Waals surface area contributed by atoms with Crippen molar-refractivity contribution < 1.29 is 9.90 Å². The Morgan fingerprint density at radius 3 is 2.59 bits per heavy atom. The number of carbonyl (C=O) groups is 1. The van der Waals surface area contributed by atoms with E-state index < -0.39 is 5.97 Å². The number of aliphatic carboxylic acids is 1. The van der Waals surface area contributed by atoms with Crippen LogP contribution < -0.4 is 0 Å². The van der Waals surface area contributed by atoms with Gasteiger partial charge >= 0.3 is 5.97 Å². The van der Waals surface area contributed by atoms with Gasteiger partial charge in [0.2, 0.25) is 0 Å². The number of aromatic nitrogens is 3. The van der Waals surface area contributed by atoms with E-state index in [1.807, 2.05) is 42.1 Å². The summed E-state index contributed by atoms with van der Waals surface area (Å²) in [5.74, 6) is 1.72. The van der Waals surface area contributed by atoms with Crippen LogP contribution in [0.2, 0.25) is 0 Å². The van der Waals surface area contributed by atoms with Crippen LogP contribution in [0.5, 0.6) is 0 Å². The maximum absolute atomic E-state index is 11.6. The number of nitrogens with zero attached hydrogens (tertiary/aromatic N) is 3. The first-order chi connectivity index (χ1) is 10.7. The molecule has 22 heavy (non-hydrogen) atoms. The highest BCUT2D eigenvalue weighted by molar-refractivity contribution is 7.99. The van der Waals surface area contributed by atoms with Gasteiger partial charge in [-0.15, -0.1) is 0 Å². The number of benzene rings is 1. The first kappa shape index (κ1) is 14.8. The number of carboxylic acid groups (broad SMARTS) is 1. The summed E-state index contributed by atoms with van der Waals surface area (Å²) < 4.78 is 1.65. The van der Waals surface area contributed by atoms with E-state index in [0.717, 1.165) is 35.6 Å². The average molecular weight is 315 g/mol. The molecule has 1 aliphatic heterocycles. The number of rotatable bonds is 4. The molecule has 0 radical (unpaired) electrons. The fourth-order valence-electron chi connectivity index (χ4n) is 2.54. The quantitative estimate of drug-likeness (QED) is 0.879. The van der Waals surface area contributed by atoms with Gasteiger partial charge in [-0.1, -0.05) is 18.2 Å². The molecule has 5 nitrogen and oxygen atoms in total. The Kier molecular flexibility index (Phi) is 4.58. The minimum absolute atomic E-state index is 0.363. The SMILES string of the molecule is O=C(O)C(=CC1CCSCC1)c1ccc(-n2cncn2)cc1. The summed E-state index contributed by atoms with van der Waals surface area (Å²) in [7, 11) is 0. The molecule has 114 valence electrons. The second-order valence-corrected chi connectivity index (χ2v) is 6.45. The molecule has 0 unspecified atom stereocenters. The highest BCUT2D eigenvalue weighted by atomic mass is 32.2. The van der Waals surface area contributed by atoms with Crippen LogP contribution in [0.1, 0.15) is 18.4 Å². The fourth-order valence-corrected chi connectivity index (χ4v) is 3.69. The van der Waals surface area contributed by atoms with E-state index in [2.05, 4.69) is 10.1 Å². The van der Waals surface area contributed by atoms with Crippen molar-refractivity contribution >= 4 is 23.3 Å². The third-order valence-corrected chi connectivity index (χ3v) is 4.81. The minimum atomic E-state index is -0.869. The number of allylic oxidation sites excluding steroid dienone is 1. The highest BCUT2D eigenvalue weighted by Gasteiger charge is 2.17. The van der Waals surface area contributed by atoms with Gasteiger partial charge < -0.3 is 5.11 Å². The predicted molar refractivity (Wildman–Crippen MR) is 87.0 cm³/mol. The van der Waals surface area contributed by atoms with Crippen molar-refractivity contribution in [2.75, 3.05) is 11.5 Å². The van der Waals surface area contributed by atoms with Gasteiger partial charge in [-0.05, 0) is 48.0 Å². The predicted octanol–water partition coefficient (Wildman–Crippen LogP) is 2.88. The van der Waals surface area contributed by atoms with E-state index in [1.54, 1.807) is 11.0 Å². The van der Waals surface area contributed by atoms with Crippen molar-refractivity contribution in [3.63, 3.8) is 0 Å². The molecule has 1 aromatic heterocycles. The van der Waals surface area contributed by atoms with E-state index in [4.69, 9.17) is 0 Å². The monoisotopic (exact) mass is 315 g/mol. The lowest BCUT2D eigenvalue weighted by Gasteiger charge is -2.18. The van der Waals surface area contributed by atoms with Crippen LogP contribution in [0.4, 0.5) is 0 Å². The summed E-state index contributed by atoms with van der Waals surface area (Å²) in [4.78, 5) is 15.5. The van der Waals surface area contributed by atoms with E-state index in [1.165, 1.54) is 6.33 Å². The first-order valence-electron chi connectivity index (χ1n) is 7.22.